The SMILES string of the molecule is Nc1ccc2nc(COc3cccc(C(F)(F)F)c3)nn2c1. The van der Waals surface area contributed by atoms with E-state index in [1.165, 1.54) is 16.6 Å². The standard InChI is InChI=1S/C14H11F3N4O/c15-14(16,17)9-2-1-3-11(6-9)22-8-12-19-13-5-4-10(18)7-21(13)20-12/h1-7H,8,18H2. The second-order valence-electron chi connectivity index (χ2n) is 4.61. The summed E-state index contributed by atoms with van der Waals surface area (Å²) in [5.74, 6) is 0.455. The van der Waals surface area contributed by atoms with Gasteiger partial charge in [-0.2, -0.15) is 13.2 Å². The summed E-state index contributed by atoms with van der Waals surface area (Å²) in [5, 5.41) is 4.14. The Morgan fingerprint density at radius 1 is 1.18 bits per heavy atom. The predicted molar refractivity (Wildman–Crippen MR) is 73.2 cm³/mol. The fraction of sp³-hybridized carbons (Fsp3) is 0.143. The number of alkyl halides is 3. The number of nitrogens with two attached hydrogens (primary N) is 1. The van der Waals surface area contributed by atoms with Crippen LogP contribution in [0.3, 0.4) is 0 Å². The van der Waals surface area contributed by atoms with Gasteiger partial charge in [-0.15, -0.1) is 5.10 Å². The van der Waals surface area contributed by atoms with Crippen molar-refractivity contribution in [2.24, 2.45) is 0 Å². The number of pyridine rings is 1. The van der Waals surface area contributed by atoms with Gasteiger partial charge in [0.25, 0.3) is 0 Å². The van der Waals surface area contributed by atoms with E-state index in [1.807, 2.05) is 0 Å². The van der Waals surface area contributed by atoms with Crippen LogP contribution in [0.4, 0.5) is 18.9 Å². The number of ether oxygens (including phenoxy) is 1. The third-order valence-corrected chi connectivity index (χ3v) is 2.93. The number of hydrogen-bond acceptors (Lipinski definition) is 4. The first-order valence-corrected chi connectivity index (χ1v) is 6.33. The Balaban J connectivity index is 1.76. The van der Waals surface area contributed by atoms with Gasteiger partial charge in [0, 0.05) is 0 Å². The zero-order chi connectivity index (χ0) is 15.7. The van der Waals surface area contributed by atoms with Crippen LogP contribution >= 0.6 is 0 Å². The van der Waals surface area contributed by atoms with Crippen molar-refractivity contribution in [2.75, 3.05) is 5.73 Å². The molecule has 5 nitrogen and oxygen atoms in total. The smallest absolute Gasteiger partial charge is 0.416 e. The number of nitrogen functional groups attached to an aromatic ring is 1. The molecule has 3 aromatic rings. The normalized spacial score (nSPS) is 11.8. The molecule has 0 saturated heterocycles. The minimum atomic E-state index is -4.40. The summed E-state index contributed by atoms with van der Waals surface area (Å²) in [6.07, 6.45) is -2.81. The zero-order valence-electron chi connectivity index (χ0n) is 11.2. The fourth-order valence-electron chi connectivity index (χ4n) is 1.92. The molecule has 0 aliphatic carbocycles. The van der Waals surface area contributed by atoms with Crippen molar-refractivity contribution in [3.05, 3.63) is 54.0 Å². The molecule has 2 aromatic heterocycles. The van der Waals surface area contributed by atoms with Gasteiger partial charge in [-0.05, 0) is 30.3 Å². The van der Waals surface area contributed by atoms with Crippen molar-refractivity contribution in [3.63, 3.8) is 0 Å². The molecule has 3 rings (SSSR count). The third kappa shape index (κ3) is 2.95. The molecule has 0 bridgehead atoms. The minimum Gasteiger partial charge on any atom is -0.486 e. The largest absolute Gasteiger partial charge is 0.486 e. The summed E-state index contributed by atoms with van der Waals surface area (Å²) in [5.41, 5.74) is 5.98. The molecule has 0 radical (unpaired) electrons. The highest BCUT2D eigenvalue weighted by Crippen LogP contribution is 2.31. The van der Waals surface area contributed by atoms with E-state index in [9.17, 15) is 13.2 Å². The number of benzene rings is 1. The molecule has 0 atom stereocenters. The first-order valence-electron chi connectivity index (χ1n) is 6.33. The summed E-state index contributed by atoms with van der Waals surface area (Å²) in [6.45, 7) is -0.0388. The van der Waals surface area contributed by atoms with Crippen LogP contribution in [0, 0.1) is 0 Å². The van der Waals surface area contributed by atoms with Gasteiger partial charge in [-0.25, -0.2) is 9.50 Å². The van der Waals surface area contributed by atoms with E-state index in [0.29, 0.717) is 17.2 Å². The lowest BCUT2D eigenvalue weighted by atomic mass is 10.2. The van der Waals surface area contributed by atoms with E-state index in [1.54, 1.807) is 18.3 Å². The Morgan fingerprint density at radius 3 is 2.77 bits per heavy atom. The predicted octanol–water partition coefficient (Wildman–Crippen LogP) is 2.91. The first-order chi connectivity index (χ1) is 10.4. The van der Waals surface area contributed by atoms with Crippen molar-refractivity contribution < 1.29 is 17.9 Å². The highest BCUT2D eigenvalue weighted by Gasteiger charge is 2.30. The second kappa shape index (κ2) is 5.21. The summed E-state index contributed by atoms with van der Waals surface area (Å²) >= 11 is 0. The molecule has 8 heteroatoms. The average Bonchev–Trinajstić information content (AvgIpc) is 2.86. The highest BCUT2D eigenvalue weighted by atomic mass is 19.4. The number of anilines is 1. The molecule has 0 aliphatic rings. The van der Waals surface area contributed by atoms with Gasteiger partial charge < -0.3 is 10.5 Å². The van der Waals surface area contributed by atoms with Crippen LogP contribution < -0.4 is 10.5 Å². The van der Waals surface area contributed by atoms with Crippen LogP contribution in [0.2, 0.25) is 0 Å². The molecule has 0 saturated carbocycles. The summed E-state index contributed by atoms with van der Waals surface area (Å²) in [7, 11) is 0. The van der Waals surface area contributed by atoms with Crippen molar-refractivity contribution in [1.82, 2.24) is 14.6 Å². The van der Waals surface area contributed by atoms with Crippen molar-refractivity contribution >= 4 is 11.3 Å². The van der Waals surface area contributed by atoms with E-state index in [-0.39, 0.29) is 12.4 Å². The average molecular weight is 308 g/mol. The van der Waals surface area contributed by atoms with Crippen LogP contribution in [0.5, 0.6) is 5.75 Å². The Kier molecular flexibility index (Phi) is 3.36. The Bertz CT molecular complexity index is 813. The van der Waals surface area contributed by atoms with Gasteiger partial charge in [0.05, 0.1) is 17.4 Å². The first kappa shape index (κ1) is 14.2. The van der Waals surface area contributed by atoms with Gasteiger partial charge in [0.15, 0.2) is 11.5 Å². The minimum absolute atomic E-state index is 0.0388. The van der Waals surface area contributed by atoms with E-state index in [0.717, 1.165) is 12.1 Å². The second-order valence-corrected chi connectivity index (χ2v) is 4.61. The number of nitrogens with zero attached hydrogens (tertiary/aromatic N) is 3. The van der Waals surface area contributed by atoms with E-state index in [2.05, 4.69) is 10.1 Å². The molecule has 114 valence electrons. The molecule has 2 N–H and O–H groups in total. The van der Waals surface area contributed by atoms with Crippen molar-refractivity contribution in [2.45, 2.75) is 12.8 Å². The number of halogens is 3. The Morgan fingerprint density at radius 2 is 2.00 bits per heavy atom. The molecule has 1 aromatic carbocycles. The summed E-state index contributed by atoms with van der Waals surface area (Å²) in [6, 6.07) is 8.03. The molecule has 2 heterocycles. The van der Waals surface area contributed by atoms with Crippen molar-refractivity contribution in [1.29, 1.82) is 0 Å². The quantitative estimate of drug-likeness (QED) is 0.808. The topological polar surface area (TPSA) is 65.4 Å². The molecule has 0 fully saturated rings. The van der Waals surface area contributed by atoms with Crippen LogP contribution in [0.1, 0.15) is 11.4 Å². The fourth-order valence-corrected chi connectivity index (χ4v) is 1.92. The highest BCUT2D eigenvalue weighted by molar-refractivity contribution is 5.46. The lowest BCUT2D eigenvalue weighted by molar-refractivity contribution is -0.137. The van der Waals surface area contributed by atoms with Gasteiger partial charge in [0.1, 0.15) is 12.4 Å². The van der Waals surface area contributed by atoms with Gasteiger partial charge >= 0.3 is 6.18 Å². The van der Waals surface area contributed by atoms with Gasteiger partial charge in [-0.3, -0.25) is 0 Å². The number of rotatable bonds is 3. The Hall–Kier alpha value is -2.77. The molecular formula is C14H11F3N4O. The lowest BCUT2D eigenvalue weighted by Crippen LogP contribution is -2.05. The number of aromatic nitrogens is 3. The molecule has 0 amide bonds. The van der Waals surface area contributed by atoms with Crippen LogP contribution in [-0.4, -0.2) is 14.6 Å². The van der Waals surface area contributed by atoms with Crippen molar-refractivity contribution in [3.8, 4) is 5.75 Å². The third-order valence-electron chi connectivity index (χ3n) is 2.93. The van der Waals surface area contributed by atoms with Crippen LogP contribution in [0.15, 0.2) is 42.6 Å². The summed E-state index contributed by atoms with van der Waals surface area (Å²) < 4.78 is 44.6. The molecule has 0 aliphatic heterocycles. The molecule has 22 heavy (non-hydrogen) atoms. The van der Waals surface area contributed by atoms with E-state index < -0.39 is 11.7 Å². The molecule has 0 unspecified atom stereocenters. The maximum Gasteiger partial charge on any atom is 0.416 e. The van der Waals surface area contributed by atoms with E-state index in [4.69, 9.17) is 10.5 Å². The molecule has 0 spiro atoms. The van der Waals surface area contributed by atoms with Gasteiger partial charge in [0.2, 0.25) is 0 Å². The number of hydrogen-bond donors (Lipinski definition) is 1. The lowest BCUT2D eigenvalue weighted by Gasteiger charge is -2.09. The summed E-state index contributed by atoms with van der Waals surface area (Å²) in [4.78, 5) is 4.19. The monoisotopic (exact) mass is 308 g/mol. The molecular weight excluding hydrogens is 297 g/mol. The zero-order valence-corrected chi connectivity index (χ0v) is 11.2. The van der Waals surface area contributed by atoms with E-state index >= 15 is 0 Å². The van der Waals surface area contributed by atoms with Crippen LogP contribution in [-0.2, 0) is 12.8 Å². The van der Waals surface area contributed by atoms with Gasteiger partial charge in [-0.1, -0.05) is 6.07 Å². The van der Waals surface area contributed by atoms with Crippen LogP contribution in [0.25, 0.3) is 5.65 Å². The maximum absolute atomic E-state index is 12.6. The Labute approximate surface area is 123 Å². The maximum atomic E-state index is 12.6. The number of fused-ring (bicyclic) bond motifs is 1.